The van der Waals surface area contributed by atoms with Crippen LogP contribution < -0.4 is 10.1 Å². The predicted molar refractivity (Wildman–Crippen MR) is 111 cm³/mol. The first-order chi connectivity index (χ1) is 14.1. The Labute approximate surface area is 170 Å². The van der Waals surface area contributed by atoms with Gasteiger partial charge in [-0.05, 0) is 28.8 Å². The molecular formula is C24H23NO4. The molecule has 148 valence electrons. The minimum Gasteiger partial charge on any atom is -0.489 e. The van der Waals surface area contributed by atoms with Crippen LogP contribution in [0.2, 0.25) is 0 Å². The molecule has 0 bridgehead atoms. The summed E-state index contributed by atoms with van der Waals surface area (Å²) in [5.41, 5.74) is 2.67. The molecule has 5 nitrogen and oxygen atoms in total. The molecule has 0 unspecified atom stereocenters. The monoisotopic (exact) mass is 389 g/mol. The first kappa shape index (κ1) is 20.1. The van der Waals surface area contributed by atoms with Gasteiger partial charge in [0, 0.05) is 6.42 Å². The van der Waals surface area contributed by atoms with Crippen molar-refractivity contribution in [1.29, 1.82) is 0 Å². The molecule has 0 aliphatic carbocycles. The number of carbonyl (C=O) groups is 2. The Balaban J connectivity index is 1.59. The number of nitrogens with one attached hydrogen (secondary N) is 1. The van der Waals surface area contributed by atoms with Gasteiger partial charge < -0.3 is 15.2 Å². The molecule has 0 radical (unpaired) electrons. The van der Waals surface area contributed by atoms with Crippen molar-refractivity contribution < 1.29 is 19.4 Å². The third-order valence-corrected chi connectivity index (χ3v) is 4.43. The van der Waals surface area contributed by atoms with Gasteiger partial charge in [-0.2, -0.15) is 0 Å². The molecule has 0 aromatic heterocycles. The molecule has 0 heterocycles. The van der Waals surface area contributed by atoms with E-state index < -0.39 is 12.0 Å². The maximum absolute atomic E-state index is 12.2. The molecule has 0 fully saturated rings. The molecule has 0 aliphatic heterocycles. The normalized spacial score (nSPS) is 11.4. The van der Waals surface area contributed by atoms with E-state index >= 15 is 0 Å². The van der Waals surface area contributed by atoms with Gasteiger partial charge in [-0.1, -0.05) is 72.8 Å². The van der Waals surface area contributed by atoms with Crippen LogP contribution in [0.25, 0.3) is 0 Å². The second-order valence-electron chi connectivity index (χ2n) is 6.75. The Morgan fingerprint density at radius 1 is 0.828 bits per heavy atom. The molecule has 3 aromatic carbocycles. The van der Waals surface area contributed by atoms with Gasteiger partial charge >= 0.3 is 5.97 Å². The van der Waals surface area contributed by atoms with E-state index in [2.05, 4.69) is 5.32 Å². The Hall–Kier alpha value is -3.60. The van der Waals surface area contributed by atoms with E-state index in [1.54, 1.807) is 0 Å². The van der Waals surface area contributed by atoms with E-state index in [0.29, 0.717) is 12.4 Å². The van der Waals surface area contributed by atoms with Crippen LogP contribution in [0.15, 0.2) is 84.9 Å². The molecule has 0 spiro atoms. The van der Waals surface area contributed by atoms with Gasteiger partial charge in [-0.3, -0.25) is 4.79 Å². The van der Waals surface area contributed by atoms with Crippen LogP contribution in [-0.4, -0.2) is 23.0 Å². The number of aliphatic carboxylic acids is 1. The lowest BCUT2D eigenvalue weighted by Gasteiger charge is -2.15. The molecule has 0 saturated carbocycles. The molecule has 2 N–H and O–H groups in total. The van der Waals surface area contributed by atoms with Crippen LogP contribution in [0.1, 0.15) is 16.7 Å². The van der Waals surface area contributed by atoms with Crippen LogP contribution in [-0.2, 0) is 29.0 Å². The summed E-state index contributed by atoms with van der Waals surface area (Å²) in [4.78, 5) is 23.9. The molecule has 29 heavy (non-hydrogen) atoms. The Morgan fingerprint density at radius 3 is 2.10 bits per heavy atom. The van der Waals surface area contributed by atoms with Crippen molar-refractivity contribution >= 4 is 11.9 Å². The van der Waals surface area contributed by atoms with Crippen LogP contribution in [0.4, 0.5) is 0 Å². The summed E-state index contributed by atoms with van der Waals surface area (Å²) in [6.45, 7) is 0.431. The number of ether oxygens (including phenoxy) is 1. The van der Waals surface area contributed by atoms with E-state index in [0.717, 1.165) is 16.7 Å². The highest BCUT2D eigenvalue weighted by molar-refractivity contribution is 5.85. The Bertz CT molecular complexity index is 941. The topological polar surface area (TPSA) is 75.6 Å². The molecule has 1 amide bonds. The number of rotatable bonds is 9. The fourth-order valence-electron chi connectivity index (χ4n) is 2.97. The van der Waals surface area contributed by atoms with Gasteiger partial charge in [0.15, 0.2) is 0 Å². The number of hydrogen-bond donors (Lipinski definition) is 2. The summed E-state index contributed by atoms with van der Waals surface area (Å²) in [7, 11) is 0. The van der Waals surface area contributed by atoms with Crippen molar-refractivity contribution in [2.75, 3.05) is 0 Å². The van der Waals surface area contributed by atoms with E-state index in [9.17, 15) is 14.7 Å². The highest BCUT2D eigenvalue weighted by Crippen LogP contribution is 2.17. The van der Waals surface area contributed by atoms with Crippen molar-refractivity contribution in [3.05, 3.63) is 102 Å². The maximum atomic E-state index is 12.2. The van der Waals surface area contributed by atoms with E-state index in [1.807, 2.05) is 84.9 Å². The predicted octanol–water partition coefficient (Wildman–Crippen LogP) is 3.62. The summed E-state index contributed by atoms with van der Waals surface area (Å²) in [6, 6.07) is 25.3. The largest absolute Gasteiger partial charge is 0.489 e. The van der Waals surface area contributed by atoms with Crippen molar-refractivity contribution in [2.24, 2.45) is 0 Å². The molecular weight excluding hydrogens is 366 g/mol. The molecule has 0 aliphatic rings. The zero-order chi connectivity index (χ0) is 20.5. The minimum atomic E-state index is -1.07. The van der Waals surface area contributed by atoms with Gasteiger partial charge in [-0.25, -0.2) is 4.79 Å². The van der Waals surface area contributed by atoms with Gasteiger partial charge in [0.05, 0.1) is 6.42 Å². The zero-order valence-electron chi connectivity index (χ0n) is 16.0. The van der Waals surface area contributed by atoms with Crippen LogP contribution in [0.3, 0.4) is 0 Å². The Morgan fingerprint density at radius 2 is 1.45 bits per heavy atom. The van der Waals surface area contributed by atoms with Crippen LogP contribution in [0, 0.1) is 0 Å². The molecule has 0 saturated heterocycles. The van der Waals surface area contributed by atoms with Crippen molar-refractivity contribution in [3.8, 4) is 5.75 Å². The molecule has 5 heteroatoms. The SMILES string of the molecule is O=C(Cc1ccccc1)N[C@@H](Cc1cccc(OCc2ccccc2)c1)C(=O)O. The number of carboxylic acids is 1. The minimum absolute atomic E-state index is 0.144. The van der Waals surface area contributed by atoms with Crippen LogP contribution >= 0.6 is 0 Å². The van der Waals surface area contributed by atoms with Gasteiger partial charge in [-0.15, -0.1) is 0 Å². The number of carboxylic acid groups (broad SMARTS) is 1. The maximum Gasteiger partial charge on any atom is 0.326 e. The van der Waals surface area contributed by atoms with Crippen molar-refractivity contribution in [3.63, 3.8) is 0 Å². The fraction of sp³-hybridized carbons (Fsp3) is 0.167. The summed E-state index contributed by atoms with van der Waals surface area (Å²) in [5, 5.41) is 12.1. The fourth-order valence-corrected chi connectivity index (χ4v) is 2.97. The van der Waals surface area contributed by atoms with E-state index in [4.69, 9.17) is 4.74 Å². The van der Waals surface area contributed by atoms with Gasteiger partial charge in [0.1, 0.15) is 18.4 Å². The highest BCUT2D eigenvalue weighted by Gasteiger charge is 2.20. The van der Waals surface area contributed by atoms with Crippen molar-refractivity contribution in [2.45, 2.75) is 25.5 Å². The second-order valence-corrected chi connectivity index (χ2v) is 6.75. The zero-order valence-corrected chi connectivity index (χ0v) is 16.0. The highest BCUT2D eigenvalue weighted by atomic mass is 16.5. The van der Waals surface area contributed by atoms with Gasteiger partial charge in [0.25, 0.3) is 0 Å². The lowest BCUT2D eigenvalue weighted by Crippen LogP contribution is -2.43. The molecule has 3 rings (SSSR count). The first-order valence-corrected chi connectivity index (χ1v) is 9.42. The number of carbonyl (C=O) groups excluding carboxylic acids is 1. The average molecular weight is 389 g/mol. The lowest BCUT2D eigenvalue weighted by molar-refractivity contribution is -0.141. The molecule has 3 aromatic rings. The summed E-state index contributed by atoms with van der Waals surface area (Å²) in [5.74, 6) is -0.729. The number of benzene rings is 3. The third kappa shape index (κ3) is 6.50. The second kappa shape index (κ2) is 10.1. The number of hydrogen-bond acceptors (Lipinski definition) is 3. The molecule has 1 atom stereocenters. The first-order valence-electron chi connectivity index (χ1n) is 9.42. The van der Waals surface area contributed by atoms with Crippen molar-refractivity contribution in [1.82, 2.24) is 5.32 Å². The summed E-state index contributed by atoms with van der Waals surface area (Å²) < 4.78 is 5.80. The quantitative estimate of drug-likeness (QED) is 0.586. The lowest BCUT2D eigenvalue weighted by atomic mass is 10.0. The summed E-state index contributed by atoms with van der Waals surface area (Å²) in [6.07, 6.45) is 0.323. The van der Waals surface area contributed by atoms with Crippen LogP contribution in [0.5, 0.6) is 5.75 Å². The Kier molecular flexibility index (Phi) is 7.00. The van der Waals surface area contributed by atoms with E-state index in [1.165, 1.54) is 0 Å². The third-order valence-electron chi connectivity index (χ3n) is 4.43. The summed E-state index contributed by atoms with van der Waals surface area (Å²) >= 11 is 0. The smallest absolute Gasteiger partial charge is 0.326 e. The standard InChI is InChI=1S/C24H23NO4/c26-23(16-18-8-3-1-4-9-18)25-22(24(27)28)15-20-12-7-13-21(14-20)29-17-19-10-5-2-6-11-19/h1-14,22H,15-17H2,(H,25,26)(H,27,28)/t22-/m0/s1. The average Bonchev–Trinajstić information content (AvgIpc) is 2.73. The van der Waals surface area contributed by atoms with Gasteiger partial charge in [0.2, 0.25) is 5.91 Å². The number of amides is 1. The van der Waals surface area contributed by atoms with E-state index in [-0.39, 0.29) is 18.7 Å².